The highest BCUT2D eigenvalue weighted by Crippen LogP contribution is 2.40. The van der Waals surface area contributed by atoms with E-state index in [0.717, 1.165) is 5.75 Å². The van der Waals surface area contributed by atoms with Gasteiger partial charge in [0, 0.05) is 10.6 Å². The Morgan fingerprint density at radius 3 is 2.60 bits per heavy atom. The number of rotatable bonds is 5. The van der Waals surface area contributed by atoms with E-state index in [1.807, 2.05) is 30.3 Å². The summed E-state index contributed by atoms with van der Waals surface area (Å²) >= 11 is 6.09. The summed E-state index contributed by atoms with van der Waals surface area (Å²) in [6.07, 6.45) is 0. The Bertz CT molecular complexity index is 587. The van der Waals surface area contributed by atoms with E-state index in [9.17, 15) is 5.11 Å². The molecule has 0 spiro atoms. The van der Waals surface area contributed by atoms with Gasteiger partial charge in [0.15, 0.2) is 18.2 Å². The second kappa shape index (κ2) is 6.39. The van der Waals surface area contributed by atoms with Crippen LogP contribution in [0.1, 0.15) is 5.56 Å². The van der Waals surface area contributed by atoms with Gasteiger partial charge in [0.05, 0.1) is 12.8 Å². The van der Waals surface area contributed by atoms with Crippen molar-refractivity contribution in [2.75, 3.05) is 19.2 Å². The summed E-state index contributed by atoms with van der Waals surface area (Å²) in [7, 11) is 1.49. The number of hydrogen-bond donors (Lipinski definition) is 2. The zero-order valence-electron chi connectivity index (χ0n) is 11.3. The highest BCUT2D eigenvalue weighted by Gasteiger charge is 2.14. The summed E-state index contributed by atoms with van der Waals surface area (Å²) < 4.78 is 10.6. The third-order valence-electron chi connectivity index (χ3n) is 2.89. The molecule has 0 aliphatic heterocycles. The first-order valence-corrected chi connectivity index (χ1v) is 6.49. The lowest BCUT2D eigenvalue weighted by Crippen LogP contribution is -2.09. The zero-order chi connectivity index (χ0) is 14.5. The molecular formula is C15H16ClNO3. The number of phenols is 1. The molecule has 0 saturated heterocycles. The Labute approximate surface area is 122 Å². The fraction of sp³-hybridized carbons (Fsp3) is 0.200. The van der Waals surface area contributed by atoms with Gasteiger partial charge >= 0.3 is 0 Å². The van der Waals surface area contributed by atoms with Crippen LogP contribution in [0.25, 0.3) is 0 Å². The molecule has 0 radical (unpaired) electrons. The van der Waals surface area contributed by atoms with Crippen molar-refractivity contribution in [3.05, 3.63) is 47.0 Å². The molecule has 2 N–H and O–H groups in total. The van der Waals surface area contributed by atoms with Crippen molar-refractivity contribution in [1.82, 2.24) is 0 Å². The number of halogens is 1. The molecule has 0 bridgehead atoms. The largest absolute Gasteiger partial charge is 0.503 e. The molecule has 106 valence electrons. The quantitative estimate of drug-likeness (QED) is 0.650. The standard InChI is InChI=1S/C15H16ClNO3/c1-10-12(16)8-13(14(18)15(10)19-2)17-9-20-11-6-4-3-5-7-11/h3-8,17-18H,9H2,1-2H3. The average Bonchev–Trinajstić information content (AvgIpc) is 2.46. The van der Waals surface area contributed by atoms with Gasteiger partial charge in [0.1, 0.15) is 5.75 Å². The molecule has 0 heterocycles. The lowest BCUT2D eigenvalue weighted by Gasteiger charge is -2.15. The summed E-state index contributed by atoms with van der Waals surface area (Å²) in [5.74, 6) is 1.12. The van der Waals surface area contributed by atoms with Crippen LogP contribution in [0, 0.1) is 6.92 Å². The number of aromatic hydroxyl groups is 1. The first kappa shape index (κ1) is 14.3. The third kappa shape index (κ3) is 3.08. The molecule has 0 atom stereocenters. The number of nitrogens with one attached hydrogen (secondary N) is 1. The van der Waals surface area contributed by atoms with Gasteiger partial charge < -0.3 is 19.9 Å². The minimum atomic E-state index is 0.0195. The molecular weight excluding hydrogens is 278 g/mol. The molecule has 0 fully saturated rings. The molecule has 5 heteroatoms. The van der Waals surface area contributed by atoms with Crippen LogP contribution in [-0.2, 0) is 0 Å². The number of para-hydroxylation sites is 1. The topological polar surface area (TPSA) is 50.7 Å². The predicted octanol–water partition coefficient (Wildman–Crippen LogP) is 3.81. The van der Waals surface area contributed by atoms with Gasteiger partial charge in [-0.05, 0) is 25.1 Å². The molecule has 2 aromatic carbocycles. The molecule has 0 amide bonds. The van der Waals surface area contributed by atoms with Gasteiger partial charge in [0.25, 0.3) is 0 Å². The maximum atomic E-state index is 10.1. The molecule has 2 rings (SSSR count). The number of phenolic OH excluding ortho intramolecular Hbond substituents is 1. The Balaban J connectivity index is 2.08. The molecule has 20 heavy (non-hydrogen) atoms. The minimum Gasteiger partial charge on any atom is -0.503 e. The summed E-state index contributed by atoms with van der Waals surface area (Å²) in [6, 6.07) is 11.0. The second-order valence-corrected chi connectivity index (χ2v) is 4.60. The fourth-order valence-electron chi connectivity index (χ4n) is 1.81. The summed E-state index contributed by atoms with van der Waals surface area (Å²) in [5.41, 5.74) is 1.16. The van der Waals surface area contributed by atoms with Crippen LogP contribution >= 0.6 is 11.6 Å². The SMILES string of the molecule is COc1c(C)c(Cl)cc(NCOc2ccccc2)c1O. The normalized spacial score (nSPS) is 10.2. The molecule has 0 unspecified atom stereocenters. The lowest BCUT2D eigenvalue weighted by molar-refractivity contribution is 0.343. The van der Waals surface area contributed by atoms with E-state index in [0.29, 0.717) is 22.0 Å². The van der Waals surface area contributed by atoms with E-state index in [1.54, 1.807) is 13.0 Å². The Morgan fingerprint density at radius 1 is 1.25 bits per heavy atom. The molecule has 0 aromatic heterocycles. The van der Waals surface area contributed by atoms with Crippen molar-refractivity contribution in [1.29, 1.82) is 0 Å². The first-order chi connectivity index (χ1) is 9.63. The van der Waals surface area contributed by atoms with Gasteiger partial charge in [-0.1, -0.05) is 29.8 Å². The summed E-state index contributed by atoms with van der Waals surface area (Å²) in [5, 5.41) is 13.6. The van der Waals surface area contributed by atoms with E-state index >= 15 is 0 Å². The van der Waals surface area contributed by atoms with E-state index in [2.05, 4.69) is 5.32 Å². The second-order valence-electron chi connectivity index (χ2n) is 4.19. The van der Waals surface area contributed by atoms with Crippen molar-refractivity contribution in [3.63, 3.8) is 0 Å². The van der Waals surface area contributed by atoms with Crippen molar-refractivity contribution in [2.24, 2.45) is 0 Å². The van der Waals surface area contributed by atoms with Gasteiger partial charge in [0.2, 0.25) is 0 Å². The monoisotopic (exact) mass is 293 g/mol. The van der Waals surface area contributed by atoms with Crippen LogP contribution < -0.4 is 14.8 Å². The van der Waals surface area contributed by atoms with Gasteiger partial charge in [-0.2, -0.15) is 0 Å². The van der Waals surface area contributed by atoms with Crippen molar-refractivity contribution in [3.8, 4) is 17.2 Å². The van der Waals surface area contributed by atoms with Gasteiger partial charge in [-0.15, -0.1) is 0 Å². The Morgan fingerprint density at radius 2 is 1.95 bits per heavy atom. The molecule has 0 aliphatic carbocycles. The van der Waals surface area contributed by atoms with Crippen molar-refractivity contribution < 1.29 is 14.6 Å². The van der Waals surface area contributed by atoms with Gasteiger partial charge in [-0.25, -0.2) is 0 Å². The van der Waals surface area contributed by atoms with Crippen LogP contribution in [0.3, 0.4) is 0 Å². The number of methoxy groups -OCH3 is 1. The van der Waals surface area contributed by atoms with Crippen LogP contribution in [-0.4, -0.2) is 18.9 Å². The van der Waals surface area contributed by atoms with Crippen molar-refractivity contribution >= 4 is 17.3 Å². The van der Waals surface area contributed by atoms with E-state index in [-0.39, 0.29) is 12.5 Å². The van der Waals surface area contributed by atoms with Crippen LogP contribution in [0.5, 0.6) is 17.2 Å². The van der Waals surface area contributed by atoms with Crippen LogP contribution in [0.15, 0.2) is 36.4 Å². The highest BCUT2D eigenvalue weighted by molar-refractivity contribution is 6.32. The predicted molar refractivity (Wildman–Crippen MR) is 80.0 cm³/mol. The molecule has 0 aliphatic rings. The number of hydrogen-bond acceptors (Lipinski definition) is 4. The molecule has 0 saturated carbocycles. The Hall–Kier alpha value is -2.07. The maximum Gasteiger partial charge on any atom is 0.181 e. The minimum absolute atomic E-state index is 0.0195. The zero-order valence-corrected chi connectivity index (χ0v) is 12.1. The van der Waals surface area contributed by atoms with E-state index in [1.165, 1.54) is 7.11 Å². The average molecular weight is 294 g/mol. The molecule has 4 nitrogen and oxygen atoms in total. The Kier molecular flexibility index (Phi) is 4.58. The lowest BCUT2D eigenvalue weighted by atomic mass is 10.2. The first-order valence-electron chi connectivity index (χ1n) is 6.11. The smallest absolute Gasteiger partial charge is 0.181 e. The van der Waals surface area contributed by atoms with E-state index < -0.39 is 0 Å². The molecule has 2 aromatic rings. The maximum absolute atomic E-state index is 10.1. The number of ether oxygens (including phenoxy) is 2. The number of benzene rings is 2. The summed E-state index contributed by atoms with van der Waals surface area (Å²) in [4.78, 5) is 0. The van der Waals surface area contributed by atoms with E-state index in [4.69, 9.17) is 21.1 Å². The van der Waals surface area contributed by atoms with Crippen LogP contribution in [0.4, 0.5) is 5.69 Å². The number of anilines is 1. The summed E-state index contributed by atoms with van der Waals surface area (Å²) in [6.45, 7) is 1.99. The highest BCUT2D eigenvalue weighted by atomic mass is 35.5. The fourth-order valence-corrected chi connectivity index (χ4v) is 2.01. The van der Waals surface area contributed by atoms with Gasteiger partial charge in [-0.3, -0.25) is 0 Å². The van der Waals surface area contributed by atoms with Crippen LogP contribution in [0.2, 0.25) is 5.02 Å². The third-order valence-corrected chi connectivity index (χ3v) is 3.28. The van der Waals surface area contributed by atoms with Crippen molar-refractivity contribution in [2.45, 2.75) is 6.92 Å².